The minimum atomic E-state index is -0.282. The third-order valence-electron chi connectivity index (χ3n) is 4.37. The Morgan fingerprint density at radius 2 is 2.07 bits per heavy atom. The molecule has 1 aliphatic rings. The lowest BCUT2D eigenvalue weighted by atomic mass is 10.1. The standard InChI is InChI=1S/C18H20N8O/c19-7-1-8-26-11-6-16(24-26)23-18(27)22-15-4-9-25(10-5-15)17-3-2-14(12-20)13-21-17/h2-3,6,11,13,15H,1,4-5,8-10H2,(H2,22,23,24,27). The van der Waals surface area contributed by atoms with Crippen LogP contribution in [0.5, 0.6) is 0 Å². The van der Waals surface area contributed by atoms with E-state index in [1.165, 1.54) is 0 Å². The molecule has 2 amide bonds. The van der Waals surface area contributed by atoms with E-state index in [1.54, 1.807) is 29.2 Å². The number of hydrogen-bond acceptors (Lipinski definition) is 6. The number of piperidine rings is 1. The van der Waals surface area contributed by atoms with Crippen LogP contribution >= 0.6 is 0 Å². The Hall–Kier alpha value is -3.59. The SMILES string of the molecule is N#CCCn1ccc(NC(=O)NC2CCN(c3ccc(C#N)cn3)CC2)n1. The topological polar surface area (TPSA) is 123 Å². The van der Waals surface area contributed by atoms with Gasteiger partial charge >= 0.3 is 6.03 Å². The highest BCUT2D eigenvalue weighted by molar-refractivity contribution is 5.88. The second-order valence-electron chi connectivity index (χ2n) is 6.25. The number of carbonyl (C=O) groups is 1. The second kappa shape index (κ2) is 8.68. The van der Waals surface area contributed by atoms with Gasteiger partial charge in [-0.05, 0) is 25.0 Å². The minimum Gasteiger partial charge on any atom is -0.356 e. The molecule has 0 bridgehead atoms. The van der Waals surface area contributed by atoms with E-state index in [1.807, 2.05) is 6.07 Å². The molecular formula is C18H20N8O. The number of aryl methyl sites for hydroxylation is 1. The lowest BCUT2D eigenvalue weighted by molar-refractivity contribution is 0.246. The summed E-state index contributed by atoms with van der Waals surface area (Å²) in [4.78, 5) is 18.6. The number of rotatable bonds is 5. The normalized spacial score (nSPS) is 14.2. The Balaban J connectivity index is 1.44. The van der Waals surface area contributed by atoms with Gasteiger partial charge in [0.1, 0.15) is 11.9 Å². The summed E-state index contributed by atoms with van der Waals surface area (Å²) in [6.07, 6.45) is 5.30. The highest BCUT2D eigenvalue weighted by Gasteiger charge is 2.21. The van der Waals surface area contributed by atoms with E-state index in [2.05, 4.69) is 37.8 Å². The van der Waals surface area contributed by atoms with Gasteiger partial charge in [-0.3, -0.25) is 10.00 Å². The van der Waals surface area contributed by atoms with Crippen LogP contribution in [-0.2, 0) is 6.54 Å². The van der Waals surface area contributed by atoms with Crippen LogP contribution in [0.3, 0.4) is 0 Å². The number of urea groups is 1. The molecule has 3 heterocycles. The molecule has 1 aliphatic heterocycles. The number of nitriles is 2. The summed E-state index contributed by atoms with van der Waals surface area (Å²) in [5, 5.41) is 27.3. The first-order chi connectivity index (χ1) is 13.2. The molecule has 1 fully saturated rings. The fourth-order valence-electron chi connectivity index (χ4n) is 2.95. The van der Waals surface area contributed by atoms with Crippen molar-refractivity contribution in [1.29, 1.82) is 10.5 Å². The maximum Gasteiger partial charge on any atom is 0.320 e. The molecule has 27 heavy (non-hydrogen) atoms. The second-order valence-corrected chi connectivity index (χ2v) is 6.25. The van der Waals surface area contributed by atoms with Crippen molar-refractivity contribution in [1.82, 2.24) is 20.1 Å². The van der Waals surface area contributed by atoms with Gasteiger partial charge in [-0.2, -0.15) is 15.6 Å². The molecule has 1 saturated heterocycles. The van der Waals surface area contributed by atoms with E-state index >= 15 is 0 Å². The van der Waals surface area contributed by atoms with E-state index in [-0.39, 0.29) is 12.1 Å². The summed E-state index contributed by atoms with van der Waals surface area (Å²) in [5.74, 6) is 1.31. The third-order valence-corrected chi connectivity index (χ3v) is 4.37. The molecule has 0 unspecified atom stereocenters. The van der Waals surface area contributed by atoms with Crippen molar-refractivity contribution < 1.29 is 4.79 Å². The van der Waals surface area contributed by atoms with Gasteiger partial charge in [0.15, 0.2) is 5.82 Å². The van der Waals surface area contributed by atoms with Crippen molar-refractivity contribution in [3.8, 4) is 12.1 Å². The lowest BCUT2D eigenvalue weighted by Crippen LogP contribution is -2.46. The molecule has 0 atom stereocenters. The first-order valence-corrected chi connectivity index (χ1v) is 8.77. The van der Waals surface area contributed by atoms with E-state index in [9.17, 15) is 4.79 Å². The van der Waals surface area contributed by atoms with Crippen molar-refractivity contribution in [3.05, 3.63) is 36.2 Å². The van der Waals surface area contributed by atoms with Gasteiger partial charge in [0, 0.05) is 37.6 Å². The van der Waals surface area contributed by atoms with Crippen molar-refractivity contribution in [2.45, 2.75) is 31.8 Å². The van der Waals surface area contributed by atoms with Crippen molar-refractivity contribution >= 4 is 17.7 Å². The van der Waals surface area contributed by atoms with E-state index in [4.69, 9.17) is 10.5 Å². The molecule has 0 spiro atoms. The van der Waals surface area contributed by atoms with Crippen molar-refractivity contribution in [2.75, 3.05) is 23.3 Å². The number of anilines is 2. The maximum atomic E-state index is 12.1. The molecular weight excluding hydrogens is 344 g/mol. The Labute approximate surface area is 157 Å². The molecule has 138 valence electrons. The molecule has 3 rings (SSSR count). The van der Waals surface area contributed by atoms with Gasteiger partial charge in [0.25, 0.3) is 0 Å². The fraction of sp³-hybridized carbons (Fsp3) is 0.389. The third kappa shape index (κ3) is 4.95. The summed E-state index contributed by atoms with van der Waals surface area (Å²) in [7, 11) is 0. The average molecular weight is 364 g/mol. The molecule has 2 N–H and O–H groups in total. The summed E-state index contributed by atoms with van der Waals surface area (Å²) in [6.45, 7) is 2.07. The molecule has 9 heteroatoms. The number of hydrogen-bond donors (Lipinski definition) is 2. The van der Waals surface area contributed by atoms with Gasteiger partial charge in [0.05, 0.1) is 24.6 Å². The minimum absolute atomic E-state index is 0.0836. The number of pyridine rings is 1. The summed E-state index contributed by atoms with van der Waals surface area (Å²) >= 11 is 0. The number of aromatic nitrogens is 3. The predicted molar refractivity (Wildman–Crippen MR) is 98.8 cm³/mol. The number of amides is 2. The largest absolute Gasteiger partial charge is 0.356 e. The van der Waals surface area contributed by atoms with Crippen LogP contribution in [0.25, 0.3) is 0 Å². The van der Waals surface area contributed by atoms with Crippen LogP contribution in [0.4, 0.5) is 16.4 Å². The average Bonchev–Trinajstić information content (AvgIpc) is 3.14. The van der Waals surface area contributed by atoms with Gasteiger partial charge in [0.2, 0.25) is 0 Å². The monoisotopic (exact) mass is 364 g/mol. The quantitative estimate of drug-likeness (QED) is 0.835. The fourth-order valence-corrected chi connectivity index (χ4v) is 2.95. The maximum absolute atomic E-state index is 12.1. The Bertz CT molecular complexity index is 853. The molecule has 2 aromatic heterocycles. The predicted octanol–water partition coefficient (Wildman–Crippen LogP) is 1.85. The zero-order valence-corrected chi connectivity index (χ0v) is 14.8. The van der Waals surface area contributed by atoms with E-state index in [0.717, 1.165) is 31.7 Å². The van der Waals surface area contributed by atoms with Crippen molar-refractivity contribution in [2.24, 2.45) is 0 Å². The van der Waals surface area contributed by atoms with Crippen LogP contribution in [0.15, 0.2) is 30.6 Å². The smallest absolute Gasteiger partial charge is 0.320 e. The highest BCUT2D eigenvalue weighted by atomic mass is 16.2. The van der Waals surface area contributed by atoms with Crippen LogP contribution in [-0.4, -0.2) is 39.9 Å². The Morgan fingerprint density at radius 3 is 2.74 bits per heavy atom. The summed E-state index contributed by atoms with van der Waals surface area (Å²) < 4.78 is 1.63. The number of nitrogens with zero attached hydrogens (tertiary/aromatic N) is 6. The molecule has 9 nitrogen and oxygen atoms in total. The zero-order valence-electron chi connectivity index (χ0n) is 14.8. The molecule has 2 aromatic rings. The van der Waals surface area contributed by atoms with Crippen molar-refractivity contribution in [3.63, 3.8) is 0 Å². The molecule has 0 radical (unpaired) electrons. The number of carbonyl (C=O) groups excluding carboxylic acids is 1. The summed E-state index contributed by atoms with van der Waals surface area (Å²) in [5.41, 5.74) is 0.544. The molecule has 0 aliphatic carbocycles. The van der Waals surface area contributed by atoms with Crippen LogP contribution in [0.1, 0.15) is 24.8 Å². The van der Waals surface area contributed by atoms with Crippen LogP contribution in [0, 0.1) is 22.7 Å². The van der Waals surface area contributed by atoms with Gasteiger partial charge in [-0.1, -0.05) is 0 Å². The van der Waals surface area contributed by atoms with Crippen LogP contribution < -0.4 is 15.5 Å². The van der Waals surface area contributed by atoms with E-state index < -0.39 is 0 Å². The van der Waals surface area contributed by atoms with Gasteiger partial charge < -0.3 is 10.2 Å². The van der Waals surface area contributed by atoms with E-state index in [0.29, 0.717) is 24.3 Å². The Kier molecular flexibility index (Phi) is 5.85. The van der Waals surface area contributed by atoms with Gasteiger partial charge in [-0.15, -0.1) is 0 Å². The highest BCUT2D eigenvalue weighted by Crippen LogP contribution is 2.18. The Morgan fingerprint density at radius 1 is 1.26 bits per heavy atom. The zero-order chi connectivity index (χ0) is 19.1. The first-order valence-electron chi connectivity index (χ1n) is 8.77. The lowest BCUT2D eigenvalue weighted by Gasteiger charge is -2.33. The summed E-state index contributed by atoms with van der Waals surface area (Å²) in [6, 6.07) is 9.23. The van der Waals surface area contributed by atoms with Crippen LogP contribution in [0.2, 0.25) is 0 Å². The first kappa shape index (κ1) is 18.2. The molecule has 0 aromatic carbocycles. The van der Waals surface area contributed by atoms with Gasteiger partial charge in [-0.25, -0.2) is 9.78 Å². The molecule has 0 saturated carbocycles. The number of nitrogens with one attached hydrogen (secondary N) is 2.